The van der Waals surface area contributed by atoms with Gasteiger partial charge in [-0.2, -0.15) is 0 Å². The second kappa shape index (κ2) is 10.7. The van der Waals surface area contributed by atoms with Gasteiger partial charge in [0.25, 0.3) is 6.71 Å². The van der Waals surface area contributed by atoms with Gasteiger partial charge in [-0.05, 0) is 96.3 Å². The van der Waals surface area contributed by atoms with E-state index in [0.717, 1.165) is 30.0 Å². The lowest BCUT2D eigenvalue weighted by Crippen LogP contribution is -2.57. The third-order valence-electron chi connectivity index (χ3n) is 10.1. The third-order valence-corrected chi connectivity index (χ3v) is 11.2. The minimum atomic E-state index is 0.116. The second-order valence-electron chi connectivity index (χ2n) is 12.7. The van der Waals surface area contributed by atoms with E-state index in [2.05, 4.69) is 149 Å². The fourth-order valence-corrected chi connectivity index (χ4v) is 9.17. The van der Waals surface area contributed by atoms with E-state index >= 15 is 0 Å². The van der Waals surface area contributed by atoms with Crippen LogP contribution >= 0.6 is 11.8 Å². The highest BCUT2D eigenvalue weighted by atomic mass is 32.2. The molecule has 0 unspecified atom stereocenters. The highest BCUT2D eigenvalue weighted by Gasteiger charge is 2.40. The molecule has 3 nitrogen and oxygen atoms in total. The number of para-hydroxylation sites is 3. The van der Waals surface area contributed by atoms with Gasteiger partial charge in [0.1, 0.15) is 11.5 Å². The number of hydrogen-bond donors (Lipinski definition) is 0. The molecule has 0 fully saturated rings. The van der Waals surface area contributed by atoms with Crippen LogP contribution in [0, 0.1) is 0 Å². The normalized spacial score (nSPS) is 15.6. The van der Waals surface area contributed by atoms with Crippen LogP contribution in [0.5, 0.6) is 11.5 Å². The molecule has 0 bridgehead atoms. The average molecular weight is 623 g/mol. The molecule has 3 aliphatic heterocycles. The molecule has 0 aromatic heterocycles. The van der Waals surface area contributed by atoms with E-state index in [-0.39, 0.29) is 6.71 Å². The molecule has 4 aliphatic rings. The van der Waals surface area contributed by atoms with Gasteiger partial charge in [-0.15, -0.1) is 0 Å². The molecule has 0 spiro atoms. The second-order valence-corrected chi connectivity index (χ2v) is 13.8. The van der Waals surface area contributed by atoms with Crippen molar-refractivity contribution in [3.8, 4) is 22.6 Å². The summed E-state index contributed by atoms with van der Waals surface area (Å²) in [4.78, 5) is 7.61. The van der Waals surface area contributed by atoms with Crippen molar-refractivity contribution < 1.29 is 4.74 Å². The Morgan fingerprint density at radius 2 is 1.21 bits per heavy atom. The van der Waals surface area contributed by atoms with Gasteiger partial charge in [0, 0.05) is 38.6 Å². The van der Waals surface area contributed by atoms with Crippen LogP contribution in [-0.4, -0.2) is 6.71 Å². The maximum Gasteiger partial charge on any atom is 0.253 e. The van der Waals surface area contributed by atoms with Crippen molar-refractivity contribution in [1.82, 2.24) is 0 Å². The number of fused-ring (bicyclic) bond motifs is 5. The molecule has 0 atom stereocenters. The number of nitrogens with zero attached hydrogens (tertiary/aromatic N) is 2. The number of hydrogen-bond acceptors (Lipinski definition) is 4. The SMILES string of the molecule is c1ccc(-c2ccc3c(c2)B2c4ccc(N5C6=C(CCCC6)N(c6ccccc6)c6ccccc65)cc4Oc4cccc(c42)S3)cc1. The number of anilines is 4. The zero-order chi connectivity index (χ0) is 30.9. The molecule has 224 valence electrons. The summed E-state index contributed by atoms with van der Waals surface area (Å²) < 4.78 is 6.83. The fourth-order valence-electron chi connectivity index (χ4n) is 8.02. The van der Waals surface area contributed by atoms with E-state index in [1.54, 1.807) is 0 Å². The number of benzene rings is 6. The Morgan fingerprint density at radius 1 is 0.511 bits per heavy atom. The maximum absolute atomic E-state index is 6.83. The molecule has 5 heteroatoms. The first-order chi connectivity index (χ1) is 23.3. The summed E-state index contributed by atoms with van der Waals surface area (Å²) in [6.45, 7) is 0.116. The summed E-state index contributed by atoms with van der Waals surface area (Å²) >= 11 is 1.86. The summed E-state index contributed by atoms with van der Waals surface area (Å²) in [6, 6.07) is 50.9. The van der Waals surface area contributed by atoms with E-state index in [9.17, 15) is 0 Å². The van der Waals surface area contributed by atoms with Gasteiger partial charge in [0.05, 0.1) is 11.4 Å². The highest BCUT2D eigenvalue weighted by Crippen LogP contribution is 2.51. The lowest BCUT2D eigenvalue weighted by atomic mass is 9.35. The summed E-state index contributed by atoms with van der Waals surface area (Å²) in [5.41, 5.74) is 14.0. The lowest BCUT2D eigenvalue weighted by molar-refractivity contribution is 0.486. The largest absolute Gasteiger partial charge is 0.458 e. The molecule has 1 aliphatic carbocycles. The van der Waals surface area contributed by atoms with Crippen molar-refractivity contribution in [2.75, 3.05) is 9.80 Å². The summed E-state index contributed by atoms with van der Waals surface area (Å²) in [5, 5.41) is 0. The van der Waals surface area contributed by atoms with Crippen LogP contribution in [0.3, 0.4) is 0 Å². The van der Waals surface area contributed by atoms with Crippen LogP contribution in [0.4, 0.5) is 22.7 Å². The van der Waals surface area contributed by atoms with Gasteiger partial charge >= 0.3 is 0 Å². The number of ether oxygens (including phenoxy) is 1. The predicted molar refractivity (Wildman–Crippen MR) is 196 cm³/mol. The molecular formula is C42H31BN2OS. The predicted octanol–water partition coefficient (Wildman–Crippen LogP) is 9.52. The van der Waals surface area contributed by atoms with E-state index in [1.807, 2.05) is 11.8 Å². The molecule has 0 amide bonds. The van der Waals surface area contributed by atoms with Gasteiger partial charge < -0.3 is 14.5 Å². The zero-order valence-corrected chi connectivity index (χ0v) is 26.7. The van der Waals surface area contributed by atoms with E-state index in [4.69, 9.17) is 4.74 Å². The van der Waals surface area contributed by atoms with Gasteiger partial charge in [-0.1, -0.05) is 102 Å². The molecule has 47 heavy (non-hydrogen) atoms. The monoisotopic (exact) mass is 622 g/mol. The topological polar surface area (TPSA) is 15.7 Å². The molecule has 6 aromatic carbocycles. The van der Waals surface area contributed by atoms with Crippen molar-refractivity contribution in [2.45, 2.75) is 35.5 Å². The molecule has 3 heterocycles. The molecule has 6 aromatic rings. The van der Waals surface area contributed by atoms with Gasteiger partial charge in [-0.3, -0.25) is 0 Å². The van der Waals surface area contributed by atoms with E-state index < -0.39 is 0 Å². The first-order valence-corrected chi connectivity index (χ1v) is 17.4. The molecule has 0 saturated carbocycles. The summed E-state index contributed by atoms with van der Waals surface area (Å²) in [5.74, 6) is 1.91. The third kappa shape index (κ3) is 4.23. The zero-order valence-electron chi connectivity index (χ0n) is 25.9. The van der Waals surface area contributed by atoms with Gasteiger partial charge in [-0.25, -0.2) is 0 Å². The van der Waals surface area contributed by atoms with Gasteiger partial charge in [0.15, 0.2) is 0 Å². The Hall–Kier alpha value is -5.13. The molecule has 10 rings (SSSR count). The first kappa shape index (κ1) is 27.0. The van der Waals surface area contributed by atoms with Crippen molar-refractivity contribution in [3.63, 3.8) is 0 Å². The Balaban J connectivity index is 1.13. The minimum absolute atomic E-state index is 0.116. The van der Waals surface area contributed by atoms with E-state index in [0.29, 0.717) is 0 Å². The Morgan fingerprint density at radius 3 is 1.98 bits per heavy atom. The van der Waals surface area contributed by atoms with Crippen LogP contribution in [0.1, 0.15) is 25.7 Å². The Kier molecular flexibility index (Phi) is 6.16. The van der Waals surface area contributed by atoms with Crippen molar-refractivity contribution in [1.29, 1.82) is 0 Å². The highest BCUT2D eigenvalue weighted by molar-refractivity contribution is 8.00. The van der Waals surface area contributed by atoms with Crippen LogP contribution in [-0.2, 0) is 0 Å². The summed E-state index contributed by atoms with van der Waals surface area (Å²) in [7, 11) is 0. The molecule has 0 saturated heterocycles. The molecular weight excluding hydrogens is 591 g/mol. The quantitative estimate of drug-likeness (QED) is 0.182. The average Bonchev–Trinajstić information content (AvgIpc) is 3.14. The van der Waals surface area contributed by atoms with Crippen LogP contribution in [0.25, 0.3) is 11.1 Å². The minimum Gasteiger partial charge on any atom is -0.458 e. The fraction of sp³-hybridized carbons (Fsp3) is 0.0952. The van der Waals surface area contributed by atoms with Crippen molar-refractivity contribution in [3.05, 3.63) is 151 Å². The van der Waals surface area contributed by atoms with Crippen LogP contribution in [0.2, 0.25) is 0 Å². The van der Waals surface area contributed by atoms with Gasteiger partial charge in [0.2, 0.25) is 0 Å². The van der Waals surface area contributed by atoms with Crippen molar-refractivity contribution >= 4 is 57.6 Å². The van der Waals surface area contributed by atoms with Crippen LogP contribution in [0.15, 0.2) is 161 Å². The Labute approximate surface area is 280 Å². The van der Waals surface area contributed by atoms with Crippen LogP contribution < -0.4 is 30.9 Å². The lowest BCUT2D eigenvalue weighted by Gasteiger charge is -2.44. The Bertz CT molecular complexity index is 2230. The number of rotatable bonds is 3. The van der Waals surface area contributed by atoms with Crippen molar-refractivity contribution in [2.24, 2.45) is 0 Å². The standard InChI is InChI=1S/C42H31BN2OS/c1-3-12-28(13-4-1)29-22-25-40-33(26-29)43-32-24-23-31(27-39(32)46-38-20-11-21-41(47-40)42(38)43)45-36-18-9-7-16-34(36)44(30-14-5-2-6-15-30)35-17-8-10-19-37(35)45/h1-7,9,11-16,18,20-27H,8,10,17,19H2. The smallest absolute Gasteiger partial charge is 0.253 e. The first-order valence-electron chi connectivity index (χ1n) is 16.6. The maximum atomic E-state index is 6.83. The molecule has 0 N–H and O–H groups in total. The van der Waals surface area contributed by atoms with E-state index in [1.165, 1.54) is 78.6 Å². The number of allylic oxidation sites excluding steroid dienone is 2. The molecule has 0 radical (unpaired) electrons. The summed E-state index contributed by atoms with van der Waals surface area (Å²) in [6.07, 6.45) is 4.51.